The van der Waals surface area contributed by atoms with Crippen LogP contribution in [0.3, 0.4) is 0 Å². The summed E-state index contributed by atoms with van der Waals surface area (Å²) in [5, 5.41) is 13.5. The molecule has 0 fully saturated rings. The van der Waals surface area contributed by atoms with Gasteiger partial charge in [-0.2, -0.15) is 0 Å². The van der Waals surface area contributed by atoms with Crippen LogP contribution < -0.4 is 8.79 Å². The van der Waals surface area contributed by atoms with E-state index in [4.69, 9.17) is 0 Å². The Balaban J connectivity index is 1.90. The summed E-state index contributed by atoms with van der Waals surface area (Å²) in [6.07, 6.45) is 0. The van der Waals surface area contributed by atoms with Crippen LogP contribution in [0.15, 0.2) is 90.3 Å². The molecule has 1 aliphatic carbocycles. The molecule has 0 saturated carbocycles. The summed E-state index contributed by atoms with van der Waals surface area (Å²) in [6.45, 7) is 13.6. The van der Waals surface area contributed by atoms with E-state index in [9.17, 15) is 5.26 Å². The standard InChI is InChI=1S/C37H35GeNS/c1-23-18-25(3)35(26(4)19-23)38(33(22-39)34-16-11-17-40-34,36-27(5)20-24(2)21-28(36)6)37-31-14-9-7-12-29(31)30-13-8-10-15-32(30)37/h7-21,33,37H,1-6H3. The zero-order valence-corrected chi connectivity index (χ0v) is 27.1. The van der Waals surface area contributed by atoms with Crippen LogP contribution in [0.2, 0.25) is 0 Å². The average Bonchev–Trinajstić information content (AvgIpc) is 3.54. The molecule has 1 aliphatic rings. The van der Waals surface area contributed by atoms with E-state index in [1.54, 1.807) is 11.3 Å². The summed E-state index contributed by atoms with van der Waals surface area (Å²) < 4.78 is 2.89. The predicted molar refractivity (Wildman–Crippen MR) is 173 cm³/mol. The molecular formula is C37H35GeNS. The Kier molecular flexibility index (Phi) is 6.85. The molecule has 1 aromatic heterocycles. The van der Waals surface area contributed by atoms with Gasteiger partial charge >= 0.3 is 247 Å². The van der Waals surface area contributed by atoms with Gasteiger partial charge in [-0.05, 0) is 0 Å². The van der Waals surface area contributed by atoms with E-state index in [0.29, 0.717) is 0 Å². The van der Waals surface area contributed by atoms with Crippen molar-refractivity contribution in [3.8, 4) is 17.2 Å². The molecule has 0 amide bonds. The summed E-state index contributed by atoms with van der Waals surface area (Å²) in [7, 11) is 0. The molecule has 198 valence electrons. The summed E-state index contributed by atoms with van der Waals surface area (Å²) in [5.74, 6) is 0. The van der Waals surface area contributed by atoms with E-state index in [1.165, 1.54) is 69.3 Å². The van der Waals surface area contributed by atoms with E-state index in [1.807, 2.05) is 0 Å². The summed E-state index contributed by atoms with van der Waals surface area (Å²) in [6, 6.07) is 34.8. The van der Waals surface area contributed by atoms with Gasteiger partial charge in [0.15, 0.2) is 0 Å². The third-order valence-electron chi connectivity index (χ3n) is 8.88. The number of nitriles is 1. The first-order chi connectivity index (χ1) is 19.3. The van der Waals surface area contributed by atoms with Gasteiger partial charge in [-0.15, -0.1) is 0 Å². The summed E-state index contributed by atoms with van der Waals surface area (Å²) in [5.41, 5.74) is 13.3. The zero-order chi connectivity index (χ0) is 28.2. The Labute approximate surface area is 245 Å². The van der Waals surface area contributed by atoms with Gasteiger partial charge in [0.25, 0.3) is 0 Å². The maximum atomic E-state index is 11.4. The number of benzene rings is 4. The predicted octanol–water partition coefficient (Wildman–Crippen LogP) is 8.36. The Morgan fingerprint density at radius 1 is 0.650 bits per heavy atom. The maximum absolute atomic E-state index is 11.4. The number of thiophene rings is 1. The number of aryl methyl sites for hydroxylation is 6. The first kappa shape index (κ1) is 26.8. The van der Waals surface area contributed by atoms with Crippen LogP contribution in [0, 0.1) is 52.9 Å². The van der Waals surface area contributed by atoms with Crippen molar-refractivity contribution in [3.63, 3.8) is 0 Å². The molecule has 0 radical (unpaired) electrons. The minimum atomic E-state index is -3.85. The third kappa shape index (κ3) is 3.94. The van der Waals surface area contributed by atoms with Gasteiger partial charge in [-0.25, -0.2) is 0 Å². The van der Waals surface area contributed by atoms with Crippen LogP contribution in [0.1, 0.15) is 58.9 Å². The van der Waals surface area contributed by atoms with E-state index >= 15 is 0 Å². The molecule has 0 N–H and O–H groups in total. The normalized spacial score (nSPS) is 13.5. The van der Waals surface area contributed by atoms with Crippen LogP contribution in [-0.4, -0.2) is 13.3 Å². The summed E-state index contributed by atoms with van der Waals surface area (Å²) >= 11 is -2.11. The second-order valence-corrected chi connectivity index (χ2v) is 20.7. The molecule has 1 heterocycles. The van der Waals surface area contributed by atoms with Crippen molar-refractivity contribution in [2.45, 2.75) is 51.0 Å². The molecule has 0 bridgehead atoms. The molecule has 0 spiro atoms. The number of hydrogen-bond donors (Lipinski definition) is 0. The van der Waals surface area contributed by atoms with Crippen LogP contribution in [-0.2, 0) is 0 Å². The van der Waals surface area contributed by atoms with Gasteiger partial charge in [0.05, 0.1) is 0 Å². The van der Waals surface area contributed by atoms with Crippen molar-refractivity contribution in [2.24, 2.45) is 0 Å². The number of fused-ring (bicyclic) bond motifs is 3. The van der Waals surface area contributed by atoms with Gasteiger partial charge < -0.3 is 0 Å². The molecule has 1 atom stereocenters. The van der Waals surface area contributed by atoms with E-state index in [2.05, 4.69) is 138 Å². The second-order valence-electron chi connectivity index (χ2n) is 11.6. The van der Waals surface area contributed by atoms with Crippen molar-refractivity contribution in [3.05, 3.63) is 140 Å². The quantitative estimate of drug-likeness (QED) is 0.187. The number of rotatable bonds is 5. The first-order valence-electron chi connectivity index (χ1n) is 14.1. The Morgan fingerprint density at radius 3 is 1.50 bits per heavy atom. The zero-order valence-electron chi connectivity index (χ0n) is 24.2. The molecule has 1 unspecified atom stereocenters. The fourth-order valence-corrected chi connectivity index (χ4v) is 24.5. The number of hydrogen-bond acceptors (Lipinski definition) is 2. The topological polar surface area (TPSA) is 23.8 Å². The molecule has 0 saturated heterocycles. The van der Waals surface area contributed by atoms with Crippen molar-refractivity contribution in [2.75, 3.05) is 0 Å². The molecule has 1 nitrogen and oxygen atoms in total. The average molecular weight is 598 g/mol. The van der Waals surface area contributed by atoms with Gasteiger partial charge in [-0.3, -0.25) is 0 Å². The number of nitrogens with zero attached hydrogens (tertiary/aromatic N) is 1. The van der Waals surface area contributed by atoms with Gasteiger partial charge in [0.1, 0.15) is 0 Å². The Bertz CT molecular complexity index is 1640. The van der Waals surface area contributed by atoms with Crippen molar-refractivity contribution in [1.29, 1.82) is 5.26 Å². The van der Waals surface area contributed by atoms with Crippen LogP contribution >= 0.6 is 11.3 Å². The fraction of sp³-hybridized carbons (Fsp3) is 0.216. The molecule has 5 aromatic rings. The molecular weight excluding hydrogens is 563 g/mol. The van der Waals surface area contributed by atoms with Gasteiger partial charge in [-0.1, -0.05) is 0 Å². The third-order valence-corrected chi connectivity index (χ3v) is 23.1. The Morgan fingerprint density at radius 2 is 1.10 bits per heavy atom. The minimum absolute atomic E-state index is 0.152. The molecule has 6 rings (SSSR count). The second kappa shape index (κ2) is 10.2. The molecule has 4 aromatic carbocycles. The van der Waals surface area contributed by atoms with Crippen LogP contribution in [0.4, 0.5) is 0 Å². The van der Waals surface area contributed by atoms with Gasteiger partial charge in [0.2, 0.25) is 0 Å². The van der Waals surface area contributed by atoms with E-state index < -0.39 is 13.3 Å². The summed E-state index contributed by atoms with van der Waals surface area (Å²) in [4.78, 5) is 1.20. The van der Waals surface area contributed by atoms with Crippen molar-refractivity contribution >= 4 is 33.4 Å². The molecule has 0 aliphatic heterocycles. The first-order valence-corrected chi connectivity index (χ1v) is 19.5. The van der Waals surface area contributed by atoms with Gasteiger partial charge in [0, 0.05) is 0 Å². The molecule has 40 heavy (non-hydrogen) atoms. The van der Waals surface area contributed by atoms with E-state index in [0.717, 1.165) is 0 Å². The Hall–Kier alpha value is -3.39. The van der Waals surface area contributed by atoms with Crippen molar-refractivity contribution in [1.82, 2.24) is 0 Å². The van der Waals surface area contributed by atoms with Crippen LogP contribution in [0.5, 0.6) is 0 Å². The fourth-order valence-electron chi connectivity index (χ4n) is 8.03. The van der Waals surface area contributed by atoms with Crippen LogP contribution in [0.25, 0.3) is 11.1 Å². The monoisotopic (exact) mass is 599 g/mol. The SMILES string of the molecule is Cc1cc(C)[c]([Ge]([c]2c(C)cc(C)cc2C)([CH](C#N)c2cccs2)[CH]2c3ccccc3-c3ccccc32)c(C)c1. The van der Waals surface area contributed by atoms with Crippen molar-refractivity contribution < 1.29 is 0 Å². The van der Waals surface area contributed by atoms with E-state index in [-0.39, 0.29) is 9.50 Å². The molecule has 3 heteroatoms.